The topological polar surface area (TPSA) is 32.3 Å². The van der Waals surface area contributed by atoms with E-state index >= 15 is 0 Å². The van der Waals surface area contributed by atoms with Gasteiger partial charge in [0.2, 0.25) is 5.91 Å². The highest BCUT2D eigenvalue weighted by molar-refractivity contribution is 5.91. The first-order valence-corrected chi connectivity index (χ1v) is 9.27. The predicted molar refractivity (Wildman–Crippen MR) is 97.2 cm³/mol. The second-order valence-corrected chi connectivity index (χ2v) is 6.35. The Morgan fingerprint density at radius 3 is 1.82 bits per heavy atom. The Kier molecular flexibility index (Phi) is 14.5. The van der Waals surface area contributed by atoms with E-state index in [0.717, 1.165) is 13.0 Å². The molecule has 0 saturated heterocycles. The van der Waals surface area contributed by atoms with Crippen LogP contribution in [-0.2, 0) is 4.79 Å². The minimum Gasteiger partial charge on any atom is -0.352 e. The molecule has 130 valence electrons. The molecular formula is C19H38N2O. The number of hydrogen-bond donors (Lipinski definition) is 1. The Balaban J connectivity index is 3.71. The maximum absolute atomic E-state index is 11.4. The van der Waals surface area contributed by atoms with Crippen LogP contribution in [0.25, 0.3) is 0 Å². The summed E-state index contributed by atoms with van der Waals surface area (Å²) in [5, 5.41) is 2.90. The highest BCUT2D eigenvalue weighted by atomic mass is 16.1. The van der Waals surface area contributed by atoms with Crippen LogP contribution < -0.4 is 5.32 Å². The van der Waals surface area contributed by atoms with Crippen molar-refractivity contribution in [3.05, 3.63) is 12.2 Å². The summed E-state index contributed by atoms with van der Waals surface area (Å²) in [6.45, 7) is 14.4. The van der Waals surface area contributed by atoms with Crippen molar-refractivity contribution >= 4 is 5.91 Å². The first-order valence-electron chi connectivity index (χ1n) is 9.27. The standard InChI is InChI=1S/C19H38N2O/c1-5-7-11-15-21(16-12-8-6-2)17-13-9-10-14-20-19(22)18(3)4/h3,5-17H2,1-2,4H3,(H,20,22). The van der Waals surface area contributed by atoms with E-state index in [1.54, 1.807) is 6.92 Å². The average molecular weight is 311 g/mol. The molecule has 0 saturated carbocycles. The van der Waals surface area contributed by atoms with Gasteiger partial charge >= 0.3 is 0 Å². The van der Waals surface area contributed by atoms with Gasteiger partial charge in [-0.25, -0.2) is 0 Å². The van der Waals surface area contributed by atoms with E-state index < -0.39 is 0 Å². The fourth-order valence-electron chi connectivity index (χ4n) is 2.50. The van der Waals surface area contributed by atoms with E-state index in [9.17, 15) is 4.79 Å². The minimum absolute atomic E-state index is 0.0132. The van der Waals surface area contributed by atoms with Gasteiger partial charge in [-0.05, 0) is 52.2 Å². The van der Waals surface area contributed by atoms with Crippen LogP contribution in [0, 0.1) is 0 Å². The zero-order valence-electron chi connectivity index (χ0n) is 15.3. The molecule has 0 bridgehead atoms. The van der Waals surface area contributed by atoms with E-state index in [2.05, 4.69) is 30.6 Å². The van der Waals surface area contributed by atoms with Crippen LogP contribution >= 0.6 is 0 Å². The van der Waals surface area contributed by atoms with Crippen molar-refractivity contribution in [3.63, 3.8) is 0 Å². The summed E-state index contributed by atoms with van der Waals surface area (Å²) in [5.41, 5.74) is 0.595. The number of amides is 1. The fourth-order valence-corrected chi connectivity index (χ4v) is 2.50. The molecule has 22 heavy (non-hydrogen) atoms. The number of unbranched alkanes of at least 4 members (excludes halogenated alkanes) is 6. The summed E-state index contributed by atoms with van der Waals surface area (Å²) in [5.74, 6) is -0.0132. The Bertz CT molecular complexity index is 279. The normalized spacial score (nSPS) is 10.9. The molecule has 0 rings (SSSR count). The zero-order valence-corrected chi connectivity index (χ0v) is 15.3. The van der Waals surface area contributed by atoms with Gasteiger partial charge in [0.25, 0.3) is 0 Å². The van der Waals surface area contributed by atoms with Crippen LogP contribution in [0.2, 0.25) is 0 Å². The first kappa shape index (κ1) is 21.2. The van der Waals surface area contributed by atoms with E-state index in [0.29, 0.717) is 5.57 Å². The second-order valence-electron chi connectivity index (χ2n) is 6.35. The van der Waals surface area contributed by atoms with Crippen LogP contribution in [0.5, 0.6) is 0 Å². The highest BCUT2D eigenvalue weighted by Gasteiger charge is 2.04. The Hall–Kier alpha value is -0.830. The molecule has 0 unspecified atom stereocenters. The van der Waals surface area contributed by atoms with Gasteiger partial charge in [0.15, 0.2) is 0 Å². The summed E-state index contributed by atoms with van der Waals surface area (Å²) >= 11 is 0. The van der Waals surface area contributed by atoms with Gasteiger partial charge in [-0.3, -0.25) is 4.79 Å². The van der Waals surface area contributed by atoms with Crippen molar-refractivity contribution < 1.29 is 4.79 Å². The van der Waals surface area contributed by atoms with Gasteiger partial charge in [0.05, 0.1) is 0 Å². The SMILES string of the molecule is C=C(C)C(=O)NCCCCCN(CCCCC)CCCCC. The lowest BCUT2D eigenvalue weighted by Gasteiger charge is -2.22. The molecule has 0 aromatic carbocycles. The number of hydrogen-bond acceptors (Lipinski definition) is 2. The van der Waals surface area contributed by atoms with E-state index in [-0.39, 0.29) is 5.91 Å². The number of nitrogens with zero attached hydrogens (tertiary/aromatic N) is 1. The van der Waals surface area contributed by atoms with Crippen LogP contribution in [0.3, 0.4) is 0 Å². The van der Waals surface area contributed by atoms with Crippen molar-refractivity contribution in [2.75, 3.05) is 26.2 Å². The number of rotatable bonds is 15. The van der Waals surface area contributed by atoms with E-state index in [1.807, 2.05) is 0 Å². The molecule has 0 spiro atoms. The summed E-state index contributed by atoms with van der Waals surface area (Å²) in [7, 11) is 0. The molecule has 0 aromatic heterocycles. The third-order valence-corrected chi connectivity index (χ3v) is 3.98. The first-order chi connectivity index (χ1) is 10.6. The monoisotopic (exact) mass is 310 g/mol. The molecule has 3 heteroatoms. The quantitative estimate of drug-likeness (QED) is 0.356. The summed E-state index contributed by atoms with van der Waals surface area (Å²) < 4.78 is 0. The largest absolute Gasteiger partial charge is 0.352 e. The molecule has 0 heterocycles. The number of carbonyl (C=O) groups excluding carboxylic acids is 1. The van der Waals surface area contributed by atoms with Crippen LogP contribution in [0.4, 0.5) is 0 Å². The molecule has 1 N–H and O–H groups in total. The third kappa shape index (κ3) is 12.9. The van der Waals surface area contributed by atoms with Gasteiger partial charge in [-0.2, -0.15) is 0 Å². The van der Waals surface area contributed by atoms with Gasteiger partial charge < -0.3 is 10.2 Å². The van der Waals surface area contributed by atoms with Crippen molar-refractivity contribution in [2.45, 2.75) is 78.6 Å². The van der Waals surface area contributed by atoms with Gasteiger partial charge in [0, 0.05) is 12.1 Å². The molecule has 0 aromatic rings. The lowest BCUT2D eigenvalue weighted by atomic mass is 10.2. The predicted octanol–water partition coefficient (Wildman–Crippen LogP) is 4.53. The van der Waals surface area contributed by atoms with Crippen molar-refractivity contribution in [2.24, 2.45) is 0 Å². The molecule has 3 nitrogen and oxygen atoms in total. The van der Waals surface area contributed by atoms with Gasteiger partial charge in [-0.1, -0.05) is 52.5 Å². The summed E-state index contributed by atoms with van der Waals surface area (Å²) in [6, 6.07) is 0. The van der Waals surface area contributed by atoms with Crippen molar-refractivity contribution in [1.82, 2.24) is 10.2 Å². The molecule has 1 amide bonds. The molecule has 0 aliphatic carbocycles. The molecule has 0 aliphatic rings. The fraction of sp³-hybridized carbons (Fsp3) is 0.842. The lowest BCUT2D eigenvalue weighted by Crippen LogP contribution is -2.28. The number of carbonyl (C=O) groups is 1. The van der Waals surface area contributed by atoms with Crippen LogP contribution in [0.15, 0.2) is 12.2 Å². The maximum atomic E-state index is 11.4. The Morgan fingerprint density at radius 1 is 0.864 bits per heavy atom. The highest BCUT2D eigenvalue weighted by Crippen LogP contribution is 2.05. The van der Waals surface area contributed by atoms with Crippen LogP contribution in [0.1, 0.15) is 78.6 Å². The second kappa shape index (κ2) is 15.1. The minimum atomic E-state index is -0.0132. The average Bonchev–Trinajstić information content (AvgIpc) is 2.50. The van der Waals surface area contributed by atoms with Gasteiger partial charge in [-0.15, -0.1) is 0 Å². The third-order valence-electron chi connectivity index (χ3n) is 3.98. The van der Waals surface area contributed by atoms with Crippen molar-refractivity contribution in [3.8, 4) is 0 Å². The van der Waals surface area contributed by atoms with E-state index in [1.165, 1.54) is 71.0 Å². The Morgan fingerprint density at radius 2 is 1.36 bits per heavy atom. The molecule has 0 radical (unpaired) electrons. The number of nitrogens with one attached hydrogen (secondary N) is 1. The molecule has 0 aliphatic heterocycles. The lowest BCUT2D eigenvalue weighted by molar-refractivity contribution is -0.117. The zero-order chi connectivity index (χ0) is 16.6. The smallest absolute Gasteiger partial charge is 0.246 e. The summed E-state index contributed by atoms with van der Waals surface area (Å²) in [6.07, 6.45) is 11.4. The maximum Gasteiger partial charge on any atom is 0.246 e. The summed E-state index contributed by atoms with van der Waals surface area (Å²) in [4.78, 5) is 14.0. The Labute approximate surface area is 138 Å². The molecular weight excluding hydrogens is 272 g/mol. The molecule has 0 atom stereocenters. The molecule has 0 fully saturated rings. The van der Waals surface area contributed by atoms with Gasteiger partial charge in [0.1, 0.15) is 0 Å². The van der Waals surface area contributed by atoms with E-state index in [4.69, 9.17) is 0 Å². The van der Waals surface area contributed by atoms with Crippen LogP contribution in [-0.4, -0.2) is 37.0 Å². The van der Waals surface area contributed by atoms with Crippen molar-refractivity contribution in [1.29, 1.82) is 0 Å².